The number of hydrogen-bond donors (Lipinski definition) is 4. The van der Waals surface area contributed by atoms with Crippen LogP contribution in [0.3, 0.4) is 0 Å². The highest BCUT2D eigenvalue weighted by Gasteiger charge is 2.30. The Hall–Kier alpha value is -6.02. The minimum atomic E-state index is -1.55. The number of amides is 1. The van der Waals surface area contributed by atoms with Gasteiger partial charge in [-0.05, 0) is 100 Å². The molecular formula is C41H33IN4O7. The summed E-state index contributed by atoms with van der Waals surface area (Å²) in [4.78, 5) is 48.8. The number of allylic oxidation sites excluding steroid dienone is 1. The number of H-pyrrole nitrogens is 1. The van der Waals surface area contributed by atoms with Crippen LogP contribution in [0.4, 0.5) is 5.82 Å². The Kier molecular flexibility index (Phi) is 10.2. The Bertz CT molecular complexity index is 2310. The molecule has 0 fully saturated rings. The molecule has 2 aliphatic rings. The van der Waals surface area contributed by atoms with Crippen LogP contribution < -0.4 is 14.8 Å². The molecule has 1 aromatic heterocycles. The fraction of sp³-hybridized carbons (Fsp3) is 0.146. The SMILES string of the molecule is COc1ccc(C2=NC(=Nc3[nH]c4c(c3-c3ccccc3)CCc3cc(OCC(=O)N[C@@H](CC(=O)O)C(=O)O)ccc3-4)C(c3ccccc3)=C2I)cc1. The number of rotatable bonds is 12. The molecule has 266 valence electrons. The third-order valence-corrected chi connectivity index (χ3v) is 10.1. The number of ether oxygens (including phenoxy) is 2. The van der Waals surface area contributed by atoms with Gasteiger partial charge in [0.25, 0.3) is 5.91 Å². The summed E-state index contributed by atoms with van der Waals surface area (Å²) in [7, 11) is 1.64. The van der Waals surface area contributed by atoms with E-state index in [1.54, 1.807) is 13.2 Å². The lowest BCUT2D eigenvalue weighted by Crippen LogP contribution is -2.44. The minimum absolute atomic E-state index is 0.432. The standard InChI is InChI=1S/C41H33IN4O7/c1-52-27-15-12-25(13-16-27)37-36(42)35(24-10-6-3-7-11-24)40(44-37)46-39-34(23-8-4-2-5-9-23)30-18-14-26-20-28(17-19-29(26)38(30)45-39)53-22-32(47)43-31(41(50)51)21-33(48)49/h2-13,15-17,19-20,31,45H,14,18,21-22H2,1H3,(H,43,47)(H,48,49)(H,50,51)/t31-/m0/s1. The van der Waals surface area contributed by atoms with Crippen molar-refractivity contribution in [1.82, 2.24) is 10.3 Å². The predicted octanol–water partition coefficient (Wildman–Crippen LogP) is 7.26. The monoisotopic (exact) mass is 820 g/mol. The molecule has 11 nitrogen and oxygen atoms in total. The predicted molar refractivity (Wildman–Crippen MR) is 210 cm³/mol. The topological polar surface area (TPSA) is 163 Å². The van der Waals surface area contributed by atoms with Crippen LogP contribution in [0.15, 0.2) is 117 Å². The second kappa shape index (κ2) is 15.3. The minimum Gasteiger partial charge on any atom is -0.497 e. The third-order valence-electron chi connectivity index (χ3n) is 9.03. The lowest BCUT2D eigenvalue weighted by atomic mass is 9.87. The van der Waals surface area contributed by atoms with E-state index < -0.39 is 36.9 Å². The van der Waals surface area contributed by atoms with Crippen molar-refractivity contribution >= 4 is 63.4 Å². The van der Waals surface area contributed by atoms with Gasteiger partial charge in [-0.1, -0.05) is 60.7 Å². The number of hydrogen-bond acceptors (Lipinski definition) is 6. The van der Waals surface area contributed by atoms with Gasteiger partial charge in [0.15, 0.2) is 12.4 Å². The van der Waals surface area contributed by atoms with Crippen molar-refractivity contribution in [2.45, 2.75) is 25.3 Å². The molecule has 2 heterocycles. The number of halogens is 1. The molecule has 0 saturated carbocycles. The van der Waals surface area contributed by atoms with Gasteiger partial charge in [-0.15, -0.1) is 0 Å². The zero-order chi connectivity index (χ0) is 37.1. The average Bonchev–Trinajstić information content (AvgIpc) is 3.70. The largest absolute Gasteiger partial charge is 0.497 e. The Morgan fingerprint density at radius 3 is 2.23 bits per heavy atom. The van der Waals surface area contributed by atoms with Crippen LogP contribution in [0.1, 0.15) is 28.7 Å². The number of aliphatic carboxylic acids is 2. The summed E-state index contributed by atoms with van der Waals surface area (Å²) in [5.74, 6) is -1.02. The number of fused-ring (bicyclic) bond motifs is 3. The van der Waals surface area contributed by atoms with Crippen LogP contribution in [-0.4, -0.2) is 64.3 Å². The van der Waals surface area contributed by atoms with Crippen molar-refractivity contribution in [2.24, 2.45) is 9.98 Å². The first-order chi connectivity index (χ1) is 25.7. The molecule has 0 spiro atoms. The molecule has 7 rings (SSSR count). The van der Waals surface area contributed by atoms with Crippen LogP contribution in [0.5, 0.6) is 11.5 Å². The number of aliphatic imine (C=N–C) groups is 2. The smallest absolute Gasteiger partial charge is 0.326 e. The Morgan fingerprint density at radius 1 is 0.887 bits per heavy atom. The number of nitrogens with one attached hydrogen (secondary N) is 2. The molecule has 1 aliphatic heterocycles. The second-order valence-electron chi connectivity index (χ2n) is 12.4. The maximum Gasteiger partial charge on any atom is 0.326 e. The third kappa shape index (κ3) is 7.49. The zero-order valence-corrected chi connectivity index (χ0v) is 30.6. The normalized spacial score (nSPS) is 14.6. The van der Waals surface area contributed by atoms with E-state index >= 15 is 0 Å². The summed E-state index contributed by atoms with van der Waals surface area (Å²) in [5.41, 5.74) is 9.80. The van der Waals surface area contributed by atoms with E-state index in [4.69, 9.17) is 24.6 Å². The summed E-state index contributed by atoms with van der Waals surface area (Å²) >= 11 is 2.36. The molecule has 1 amide bonds. The van der Waals surface area contributed by atoms with Gasteiger partial charge in [0.1, 0.15) is 23.4 Å². The maximum absolute atomic E-state index is 12.4. The maximum atomic E-state index is 12.4. The molecule has 1 aliphatic carbocycles. The quantitative estimate of drug-likeness (QED) is 0.0964. The number of aryl methyl sites for hydroxylation is 1. The van der Waals surface area contributed by atoms with Gasteiger partial charge in [-0.3, -0.25) is 9.59 Å². The van der Waals surface area contributed by atoms with E-state index in [9.17, 15) is 19.5 Å². The molecule has 4 aromatic carbocycles. The lowest BCUT2D eigenvalue weighted by Gasteiger charge is -2.19. The number of carboxylic acid groups (broad SMARTS) is 2. The first kappa shape index (κ1) is 35.4. The number of carbonyl (C=O) groups excluding carboxylic acids is 1. The first-order valence-electron chi connectivity index (χ1n) is 16.8. The number of methoxy groups -OCH3 is 1. The molecule has 4 N–H and O–H groups in total. The molecule has 53 heavy (non-hydrogen) atoms. The van der Waals surface area contributed by atoms with Crippen LogP contribution in [0.2, 0.25) is 0 Å². The Balaban J connectivity index is 1.25. The van der Waals surface area contributed by atoms with Crippen molar-refractivity contribution in [2.75, 3.05) is 13.7 Å². The van der Waals surface area contributed by atoms with E-state index in [0.29, 0.717) is 30.2 Å². The van der Waals surface area contributed by atoms with E-state index in [2.05, 4.69) is 57.2 Å². The van der Waals surface area contributed by atoms with Crippen molar-refractivity contribution < 1.29 is 34.1 Å². The van der Waals surface area contributed by atoms with E-state index in [0.717, 1.165) is 65.3 Å². The van der Waals surface area contributed by atoms with Gasteiger partial charge in [0.2, 0.25) is 0 Å². The van der Waals surface area contributed by atoms with E-state index in [-0.39, 0.29) is 0 Å². The van der Waals surface area contributed by atoms with Gasteiger partial charge in [-0.25, -0.2) is 14.8 Å². The van der Waals surface area contributed by atoms with Gasteiger partial charge in [-0.2, -0.15) is 0 Å². The molecule has 5 aromatic rings. The molecular weight excluding hydrogens is 787 g/mol. The second-order valence-corrected chi connectivity index (χ2v) is 13.5. The number of benzene rings is 4. The molecule has 0 bridgehead atoms. The zero-order valence-electron chi connectivity index (χ0n) is 28.4. The van der Waals surface area contributed by atoms with Crippen molar-refractivity contribution in [3.63, 3.8) is 0 Å². The molecule has 0 saturated heterocycles. The van der Waals surface area contributed by atoms with E-state index in [1.165, 1.54) is 0 Å². The van der Waals surface area contributed by atoms with Crippen LogP contribution in [0, 0.1) is 0 Å². The number of amidine groups is 1. The van der Waals surface area contributed by atoms with Crippen molar-refractivity contribution in [1.29, 1.82) is 0 Å². The van der Waals surface area contributed by atoms with Gasteiger partial charge >= 0.3 is 11.9 Å². The van der Waals surface area contributed by atoms with Crippen LogP contribution in [-0.2, 0) is 27.2 Å². The summed E-state index contributed by atoms with van der Waals surface area (Å²) < 4.78 is 12.1. The average molecular weight is 821 g/mol. The molecule has 1 atom stereocenters. The number of aromatic nitrogens is 1. The van der Waals surface area contributed by atoms with Crippen LogP contribution in [0.25, 0.3) is 28.0 Å². The number of nitrogens with zero attached hydrogens (tertiary/aromatic N) is 2. The fourth-order valence-corrected chi connectivity index (χ4v) is 7.53. The van der Waals surface area contributed by atoms with Gasteiger partial charge < -0.3 is 30.0 Å². The highest BCUT2D eigenvalue weighted by Crippen LogP contribution is 2.46. The first-order valence-corrected chi connectivity index (χ1v) is 17.9. The summed E-state index contributed by atoms with van der Waals surface area (Å²) in [6.45, 7) is -0.467. The summed E-state index contributed by atoms with van der Waals surface area (Å²) in [5, 5.41) is 20.4. The van der Waals surface area contributed by atoms with Crippen molar-refractivity contribution in [3.8, 4) is 33.9 Å². The van der Waals surface area contributed by atoms with Gasteiger partial charge in [0.05, 0.1) is 28.5 Å². The molecule has 12 heteroatoms. The lowest BCUT2D eigenvalue weighted by molar-refractivity contribution is -0.147. The highest BCUT2D eigenvalue weighted by atomic mass is 127. The van der Waals surface area contributed by atoms with Crippen molar-refractivity contribution in [3.05, 3.63) is 129 Å². The van der Waals surface area contributed by atoms with Gasteiger partial charge in [0, 0.05) is 22.3 Å². The van der Waals surface area contributed by atoms with E-state index in [1.807, 2.05) is 72.8 Å². The summed E-state index contributed by atoms with van der Waals surface area (Å²) in [6, 6.07) is 32.1. The molecule has 0 unspecified atom stereocenters. The Morgan fingerprint density at radius 2 is 1.57 bits per heavy atom. The molecule has 0 radical (unpaired) electrons. The fourth-order valence-electron chi connectivity index (χ4n) is 6.55. The Labute approximate surface area is 318 Å². The number of carboxylic acids is 2. The highest BCUT2D eigenvalue weighted by molar-refractivity contribution is 14.1. The number of aromatic amines is 1. The van der Waals surface area contributed by atoms with Crippen LogP contribution >= 0.6 is 22.6 Å². The summed E-state index contributed by atoms with van der Waals surface area (Å²) in [6.07, 6.45) is 0.675. The number of carbonyl (C=O) groups is 3.